The summed E-state index contributed by atoms with van der Waals surface area (Å²) in [6.07, 6.45) is 3.71. The third kappa shape index (κ3) is 2.41. The fourth-order valence-corrected chi connectivity index (χ4v) is 2.43. The molecule has 1 aromatic rings. The van der Waals surface area contributed by atoms with Gasteiger partial charge in [-0.2, -0.15) is 0 Å². The quantitative estimate of drug-likeness (QED) is 0.822. The first-order valence-electron chi connectivity index (χ1n) is 6.16. The number of rotatable bonds is 5. The van der Waals surface area contributed by atoms with Crippen LogP contribution in [0.15, 0.2) is 24.3 Å². The molecule has 1 atom stereocenters. The van der Waals surface area contributed by atoms with Crippen molar-refractivity contribution < 1.29 is 0 Å². The van der Waals surface area contributed by atoms with Crippen molar-refractivity contribution >= 4 is 11.6 Å². The molecule has 0 bridgehead atoms. The van der Waals surface area contributed by atoms with Gasteiger partial charge in [-0.1, -0.05) is 36.7 Å². The molecule has 1 unspecified atom stereocenters. The molecule has 0 aromatic heterocycles. The summed E-state index contributed by atoms with van der Waals surface area (Å²) in [5, 5.41) is 4.52. The minimum atomic E-state index is 0.321. The molecule has 1 saturated carbocycles. The fraction of sp³-hybridized carbons (Fsp3) is 0.571. The second kappa shape index (κ2) is 4.77. The fourth-order valence-electron chi connectivity index (χ4n) is 2.10. The third-order valence-electron chi connectivity index (χ3n) is 3.70. The van der Waals surface area contributed by atoms with E-state index in [-0.39, 0.29) is 0 Å². The van der Waals surface area contributed by atoms with Crippen LogP contribution < -0.4 is 5.32 Å². The molecule has 88 valence electrons. The third-order valence-corrected chi connectivity index (χ3v) is 4.03. The first kappa shape index (κ1) is 11.9. The molecule has 0 aliphatic heterocycles. The monoisotopic (exact) mass is 237 g/mol. The van der Waals surface area contributed by atoms with Crippen LogP contribution in [0.5, 0.6) is 0 Å². The summed E-state index contributed by atoms with van der Waals surface area (Å²) >= 11 is 6.27. The van der Waals surface area contributed by atoms with Crippen LogP contribution in [-0.2, 0) is 5.41 Å². The van der Waals surface area contributed by atoms with Gasteiger partial charge < -0.3 is 5.32 Å². The van der Waals surface area contributed by atoms with E-state index in [4.69, 9.17) is 11.6 Å². The van der Waals surface area contributed by atoms with Crippen molar-refractivity contribution in [2.24, 2.45) is 0 Å². The Morgan fingerprint density at radius 1 is 1.38 bits per heavy atom. The lowest BCUT2D eigenvalue weighted by molar-refractivity contribution is 0.487. The molecular weight excluding hydrogens is 218 g/mol. The molecule has 1 aliphatic rings. The lowest BCUT2D eigenvalue weighted by atomic mass is 9.95. The second-order valence-corrected chi connectivity index (χ2v) is 5.36. The van der Waals surface area contributed by atoms with Crippen molar-refractivity contribution in [3.05, 3.63) is 34.9 Å². The summed E-state index contributed by atoms with van der Waals surface area (Å²) in [6.45, 7) is 5.52. The smallest absolute Gasteiger partial charge is 0.0444 e. The van der Waals surface area contributed by atoms with Gasteiger partial charge in [0.15, 0.2) is 0 Å². The summed E-state index contributed by atoms with van der Waals surface area (Å²) in [5.74, 6) is 0. The minimum absolute atomic E-state index is 0.321. The highest BCUT2D eigenvalue weighted by molar-refractivity contribution is 6.31. The van der Waals surface area contributed by atoms with Crippen molar-refractivity contribution in [3.63, 3.8) is 0 Å². The highest BCUT2D eigenvalue weighted by atomic mass is 35.5. The Hall–Kier alpha value is -0.530. The van der Waals surface area contributed by atoms with Gasteiger partial charge in [-0.05, 0) is 37.8 Å². The van der Waals surface area contributed by atoms with E-state index in [1.54, 1.807) is 0 Å². The maximum atomic E-state index is 6.27. The van der Waals surface area contributed by atoms with Gasteiger partial charge in [-0.25, -0.2) is 0 Å². The zero-order valence-electron chi connectivity index (χ0n) is 10.1. The molecular formula is C14H20ClN. The lowest BCUT2D eigenvalue weighted by Gasteiger charge is -2.20. The molecule has 0 radical (unpaired) electrons. The van der Waals surface area contributed by atoms with E-state index in [0.29, 0.717) is 11.5 Å². The van der Waals surface area contributed by atoms with Crippen LogP contribution in [0.25, 0.3) is 0 Å². The number of hydrogen-bond donors (Lipinski definition) is 1. The Morgan fingerprint density at radius 3 is 2.62 bits per heavy atom. The van der Waals surface area contributed by atoms with Crippen molar-refractivity contribution in [3.8, 4) is 0 Å². The van der Waals surface area contributed by atoms with E-state index in [1.807, 2.05) is 12.1 Å². The molecule has 1 nitrogen and oxygen atoms in total. The van der Waals surface area contributed by atoms with E-state index < -0.39 is 0 Å². The first-order chi connectivity index (χ1) is 7.68. The first-order valence-corrected chi connectivity index (χ1v) is 6.54. The Morgan fingerprint density at radius 2 is 2.06 bits per heavy atom. The van der Waals surface area contributed by atoms with Crippen molar-refractivity contribution in [1.82, 2.24) is 5.32 Å². The Balaban J connectivity index is 2.06. The summed E-state index contributed by atoms with van der Waals surface area (Å²) in [4.78, 5) is 0. The number of halogens is 1. The minimum Gasteiger partial charge on any atom is -0.313 e. The molecule has 0 saturated heterocycles. The Labute approximate surface area is 103 Å². The predicted octanol–water partition coefficient (Wildman–Crippen LogP) is 3.76. The van der Waals surface area contributed by atoms with Crippen LogP contribution >= 0.6 is 11.6 Å². The summed E-state index contributed by atoms with van der Waals surface area (Å²) in [5.41, 5.74) is 1.65. The number of benzene rings is 1. The summed E-state index contributed by atoms with van der Waals surface area (Å²) < 4.78 is 0. The van der Waals surface area contributed by atoms with Crippen LogP contribution in [0.1, 0.15) is 38.7 Å². The molecule has 2 rings (SSSR count). The van der Waals surface area contributed by atoms with Crippen molar-refractivity contribution in [2.75, 3.05) is 6.54 Å². The maximum Gasteiger partial charge on any atom is 0.0444 e. The normalized spacial score (nSPS) is 19.4. The largest absolute Gasteiger partial charge is 0.313 e. The zero-order chi connectivity index (χ0) is 11.6. The lowest BCUT2D eigenvalue weighted by Crippen LogP contribution is -2.33. The maximum absolute atomic E-state index is 6.27. The Kier molecular flexibility index (Phi) is 3.56. The Bertz CT molecular complexity index is 358. The average Bonchev–Trinajstić information content (AvgIpc) is 3.07. The standard InChI is InChI=1S/C14H20ClN/c1-3-11(2)16-10-14(8-9-14)12-6-4-5-7-13(12)15/h4-7,11,16H,3,8-10H2,1-2H3. The molecule has 1 aliphatic carbocycles. The van der Waals surface area contributed by atoms with E-state index in [2.05, 4.69) is 31.3 Å². The van der Waals surface area contributed by atoms with Crippen molar-refractivity contribution in [2.45, 2.75) is 44.6 Å². The number of hydrogen-bond acceptors (Lipinski definition) is 1. The predicted molar refractivity (Wildman–Crippen MR) is 70.1 cm³/mol. The van der Waals surface area contributed by atoms with Crippen LogP contribution in [0.3, 0.4) is 0 Å². The van der Waals surface area contributed by atoms with E-state index >= 15 is 0 Å². The van der Waals surface area contributed by atoms with Gasteiger partial charge in [0.2, 0.25) is 0 Å². The van der Waals surface area contributed by atoms with Crippen LogP contribution in [0.4, 0.5) is 0 Å². The summed E-state index contributed by atoms with van der Waals surface area (Å²) in [7, 11) is 0. The van der Waals surface area contributed by atoms with E-state index in [1.165, 1.54) is 24.8 Å². The van der Waals surface area contributed by atoms with Crippen molar-refractivity contribution in [1.29, 1.82) is 0 Å². The van der Waals surface area contributed by atoms with Gasteiger partial charge in [0.1, 0.15) is 0 Å². The molecule has 2 heteroatoms. The van der Waals surface area contributed by atoms with Gasteiger partial charge in [0, 0.05) is 23.0 Å². The molecule has 0 spiro atoms. The number of nitrogens with one attached hydrogen (secondary N) is 1. The van der Waals surface area contributed by atoms with Gasteiger partial charge in [-0.15, -0.1) is 0 Å². The SMILES string of the molecule is CCC(C)NCC1(c2ccccc2Cl)CC1. The van der Waals surface area contributed by atoms with Gasteiger partial charge in [0.05, 0.1) is 0 Å². The molecule has 16 heavy (non-hydrogen) atoms. The van der Waals surface area contributed by atoms with Gasteiger partial charge in [0.25, 0.3) is 0 Å². The van der Waals surface area contributed by atoms with Crippen LogP contribution in [0.2, 0.25) is 5.02 Å². The molecule has 0 heterocycles. The van der Waals surface area contributed by atoms with E-state index in [9.17, 15) is 0 Å². The van der Waals surface area contributed by atoms with Gasteiger partial charge in [-0.3, -0.25) is 0 Å². The zero-order valence-corrected chi connectivity index (χ0v) is 10.8. The molecule has 1 fully saturated rings. The topological polar surface area (TPSA) is 12.0 Å². The molecule has 1 N–H and O–H groups in total. The molecule has 0 amide bonds. The van der Waals surface area contributed by atoms with Crippen LogP contribution in [0, 0.1) is 0 Å². The highest BCUT2D eigenvalue weighted by Gasteiger charge is 2.45. The van der Waals surface area contributed by atoms with Crippen LogP contribution in [-0.4, -0.2) is 12.6 Å². The molecule has 1 aromatic carbocycles. The summed E-state index contributed by atoms with van der Waals surface area (Å²) in [6, 6.07) is 8.86. The van der Waals surface area contributed by atoms with E-state index in [0.717, 1.165) is 11.6 Å². The average molecular weight is 238 g/mol. The van der Waals surface area contributed by atoms with Gasteiger partial charge >= 0.3 is 0 Å². The highest BCUT2D eigenvalue weighted by Crippen LogP contribution is 2.49. The second-order valence-electron chi connectivity index (χ2n) is 4.95.